The van der Waals surface area contributed by atoms with Gasteiger partial charge < -0.3 is 19.1 Å². The topological polar surface area (TPSA) is 43.6 Å². The lowest BCUT2D eigenvalue weighted by molar-refractivity contribution is 0.0976. The van der Waals surface area contributed by atoms with Crippen molar-refractivity contribution in [3.8, 4) is 0 Å². The summed E-state index contributed by atoms with van der Waals surface area (Å²) in [7, 11) is 1.69. The second-order valence-electron chi connectivity index (χ2n) is 4.07. The van der Waals surface area contributed by atoms with E-state index in [2.05, 4.69) is 0 Å². The van der Waals surface area contributed by atoms with Crippen molar-refractivity contribution in [1.29, 1.82) is 0 Å². The number of aromatic nitrogens is 1. The summed E-state index contributed by atoms with van der Waals surface area (Å²) in [5, 5.41) is 9.65. The van der Waals surface area contributed by atoms with Crippen LogP contribution in [0.2, 0.25) is 0 Å². The van der Waals surface area contributed by atoms with Crippen LogP contribution in [0.15, 0.2) is 18.5 Å². The molecule has 98 valence electrons. The highest BCUT2D eigenvalue weighted by Crippen LogP contribution is 2.15. The van der Waals surface area contributed by atoms with Gasteiger partial charge in [0.1, 0.15) is 0 Å². The fraction of sp³-hybridized carbons (Fsp3) is 0.692. The molecule has 0 fully saturated rings. The zero-order valence-corrected chi connectivity index (χ0v) is 10.8. The molecule has 0 aromatic carbocycles. The molecular weight excluding hydrogens is 218 g/mol. The summed E-state index contributed by atoms with van der Waals surface area (Å²) in [5.41, 5.74) is 0.979. The Kier molecular flexibility index (Phi) is 6.93. The van der Waals surface area contributed by atoms with Crippen LogP contribution in [-0.4, -0.2) is 36.6 Å². The summed E-state index contributed by atoms with van der Waals surface area (Å²) in [6, 6.07) is 1.96. The molecule has 0 spiro atoms. The van der Waals surface area contributed by atoms with Crippen molar-refractivity contribution in [2.45, 2.75) is 32.4 Å². The SMILES string of the molecule is CCC(O)c1ccn(CCOCCCOC)c1. The first-order valence-corrected chi connectivity index (χ1v) is 6.18. The number of rotatable bonds is 9. The molecule has 0 bridgehead atoms. The van der Waals surface area contributed by atoms with Gasteiger partial charge in [-0.1, -0.05) is 6.92 Å². The molecular formula is C13H23NO3. The second kappa shape index (κ2) is 8.28. The number of methoxy groups -OCH3 is 1. The fourth-order valence-electron chi connectivity index (χ4n) is 1.61. The molecule has 0 aliphatic carbocycles. The van der Waals surface area contributed by atoms with E-state index >= 15 is 0 Å². The van der Waals surface area contributed by atoms with Crippen LogP contribution in [0, 0.1) is 0 Å². The maximum atomic E-state index is 9.65. The third kappa shape index (κ3) is 5.35. The van der Waals surface area contributed by atoms with Gasteiger partial charge in [-0.3, -0.25) is 0 Å². The van der Waals surface area contributed by atoms with Gasteiger partial charge >= 0.3 is 0 Å². The molecule has 1 rings (SSSR count). The van der Waals surface area contributed by atoms with Crippen LogP contribution in [0.3, 0.4) is 0 Å². The van der Waals surface area contributed by atoms with Gasteiger partial charge in [0, 0.05) is 39.3 Å². The molecule has 0 saturated heterocycles. The van der Waals surface area contributed by atoms with E-state index in [-0.39, 0.29) is 6.10 Å². The van der Waals surface area contributed by atoms with E-state index < -0.39 is 0 Å². The van der Waals surface area contributed by atoms with Gasteiger partial charge in [0.05, 0.1) is 12.7 Å². The molecule has 0 amide bonds. The predicted octanol–water partition coefficient (Wildman–Crippen LogP) is 1.98. The number of ether oxygens (including phenoxy) is 2. The van der Waals surface area contributed by atoms with E-state index in [0.29, 0.717) is 6.61 Å². The van der Waals surface area contributed by atoms with Crippen LogP contribution in [0.5, 0.6) is 0 Å². The van der Waals surface area contributed by atoms with Crippen molar-refractivity contribution >= 4 is 0 Å². The second-order valence-corrected chi connectivity index (χ2v) is 4.07. The molecule has 0 saturated carbocycles. The lowest BCUT2D eigenvalue weighted by atomic mass is 10.1. The Morgan fingerprint density at radius 3 is 2.88 bits per heavy atom. The van der Waals surface area contributed by atoms with E-state index in [1.165, 1.54) is 0 Å². The smallest absolute Gasteiger partial charge is 0.0802 e. The maximum Gasteiger partial charge on any atom is 0.0802 e. The number of nitrogens with zero attached hydrogens (tertiary/aromatic N) is 1. The van der Waals surface area contributed by atoms with Gasteiger partial charge in [-0.25, -0.2) is 0 Å². The van der Waals surface area contributed by atoms with Crippen LogP contribution in [0.4, 0.5) is 0 Å². The quantitative estimate of drug-likeness (QED) is 0.672. The average Bonchev–Trinajstić information content (AvgIpc) is 2.81. The molecule has 4 nitrogen and oxygen atoms in total. The molecule has 0 aliphatic heterocycles. The largest absolute Gasteiger partial charge is 0.388 e. The monoisotopic (exact) mass is 241 g/mol. The van der Waals surface area contributed by atoms with E-state index in [0.717, 1.165) is 38.2 Å². The first-order chi connectivity index (χ1) is 8.27. The third-order valence-electron chi connectivity index (χ3n) is 2.68. The highest BCUT2D eigenvalue weighted by molar-refractivity contribution is 5.13. The van der Waals surface area contributed by atoms with Gasteiger partial charge in [-0.05, 0) is 24.5 Å². The van der Waals surface area contributed by atoms with Crippen molar-refractivity contribution in [1.82, 2.24) is 4.57 Å². The molecule has 1 heterocycles. The minimum atomic E-state index is -0.348. The summed E-state index contributed by atoms with van der Waals surface area (Å²) >= 11 is 0. The summed E-state index contributed by atoms with van der Waals surface area (Å²) in [4.78, 5) is 0. The predicted molar refractivity (Wildman–Crippen MR) is 67.0 cm³/mol. The maximum absolute atomic E-state index is 9.65. The molecule has 1 N–H and O–H groups in total. The Morgan fingerprint density at radius 1 is 1.35 bits per heavy atom. The van der Waals surface area contributed by atoms with Crippen LogP contribution in [0.1, 0.15) is 31.4 Å². The molecule has 1 atom stereocenters. The first kappa shape index (κ1) is 14.2. The van der Waals surface area contributed by atoms with E-state index in [4.69, 9.17) is 9.47 Å². The highest BCUT2D eigenvalue weighted by atomic mass is 16.5. The van der Waals surface area contributed by atoms with Gasteiger partial charge in [-0.2, -0.15) is 0 Å². The van der Waals surface area contributed by atoms with Crippen LogP contribution < -0.4 is 0 Å². The Labute approximate surface area is 103 Å². The minimum Gasteiger partial charge on any atom is -0.388 e. The van der Waals surface area contributed by atoms with Gasteiger partial charge in [0.2, 0.25) is 0 Å². The summed E-state index contributed by atoms with van der Waals surface area (Å²) in [6.45, 7) is 4.97. The van der Waals surface area contributed by atoms with Crippen LogP contribution in [-0.2, 0) is 16.0 Å². The molecule has 1 aromatic rings. The van der Waals surface area contributed by atoms with Crippen molar-refractivity contribution in [3.63, 3.8) is 0 Å². The number of aliphatic hydroxyl groups excluding tert-OH is 1. The summed E-state index contributed by atoms with van der Waals surface area (Å²) in [6.07, 6.45) is 5.29. The number of hydrogen-bond donors (Lipinski definition) is 1. The molecule has 0 radical (unpaired) electrons. The lowest BCUT2D eigenvalue weighted by Crippen LogP contribution is -2.06. The van der Waals surface area contributed by atoms with Gasteiger partial charge in [0.25, 0.3) is 0 Å². The van der Waals surface area contributed by atoms with Crippen LogP contribution in [0.25, 0.3) is 0 Å². The normalized spacial score (nSPS) is 12.9. The van der Waals surface area contributed by atoms with Crippen molar-refractivity contribution in [2.24, 2.45) is 0 Å². The molecule has 4 heteroatoms. The zero-order chi connectivity index (χ0) is 12.5. The van der Waals surface area contributed by atoms with Crippen molar-refractivity contribution < 1.29 is 14.6 Å². The van der Waals surface area contributed by atoms with Gasteiger partial charge in [-0.15, -0.1) is 0 Å². The first-order valence-electron chi connectivity index (χ1n) is 6.18. The highest BCUT2D eigenvalue weighted by Gasteiger charge is 2.05. The van der Waals surface area contributed by atoms with Crippen molar-refractivity contribution in [2.75, 3.05) is 26.9 Å². The Hall–Kier alpha value is -0.840. The van der Waals surface area contributed by atoms with E-state index in [9.17, 15) is 5.11 Å². The van der Waals surface area contributed by atoms with Crippen molar-refractivity contribution in [3.05, 3.63) is 24.0 Å². The minimum absolute atomic E-state index is 0.348. The van der Waals surface area contributed by atoms with Gasteiger partial charge in [0.15, 0.2) is 0 Å². The lowest BCUT2D eigenvalue weighted by Gasteiger charge is -2.06. The molecule has 1 aromatic heterocycles. The Balaban J connectivity index is 2.16. The number of hydrogen-bond acceptors (Lipinski definition) is 3. The number of aliphatic hydroxyl groups is 1. The fourth-order valence-corrected chi connectivity index (χ4v) is 1.61. The summed E-state index contributed by atoms with van der Waals surface area (Å²) in [5.74, 6) is 0. The third-order valence-corrected chi connectivity index (χ3v) is 2.68. The zero-order valence-electron chi connectivity index (χ0n) is 10.8. The molecule has 0 aliphatic rings. The Morgan fingerprint density at radius 2 is 2.18 bits per heavy atom. The standard InChI is InChI=1S/C13H23NO3/c1-3-13(15)12-5-6-14(11-12)7-10-17-9-4-8-16-2/h5-6,11,13,15H,3-4,7-10H2,1-2H3. The average molecular weight is 241 g/mol. The van der Waals surface area contributed by atoms with E-state index in [1.54, 1.807) is 7.11 Å². The summed E-state index contributed by atoms with van der Waals surface area (Å²) < 4.78 is 12.5. The van der Waals surface area contributed by atoms with Crippen LogP contribution >= 0.6 is 0 Å². The molecule has 17 heavy (non-hydrogen) atoms. The Bertz CT molecular complexity index is 299. The molecule has 1 unspecified atom stereocenters. The van der Waals surface area contributed by atoms with E-state index in [1.807, 2.05) is 30.0 Å².